The van der Waals surface area contributed by atoms with Gasteiger partial charge in [-0.2, -0.15) is 0 Å². The van der Waals surface area contributed by atoms with E-state index in [1.165, 1.54) is 6.07 Å². The van der Waals surface area contributed by atoms with Crippen LogP contribution in [0.25, 0.3) is 0 Å². The normalized spacial score (nSPS) is 21.2. The molecule has 3 N–H and O–H groups in total. The Bertz CT molecular complexity index is 731. The predicted octanol–water partition coefficient (Wildman–Crippen LogP) is -0.314. The summed E-state index contributed by atoms with van der Waals surface area (Å²) in [6.07, 6.45) is 0.0335. The van der Waals surface area contributed by atoms with Gasteiger partial charge in [-0.15, -0.1) is 0 Å². The van der Waals surface area contributed by atoms with Gasteiger partial charge in [0.05, 0.1) is 11.1 Å². The lowest BCUT2D eigenvalue weighted by molar-refractivity contribution is -0.136. The Morgan fingerprint density at radius 1 is 1.18 bits per heavy atom. The van der Waals surface area contributed by atoms with Gasteiger partial charge in [-0.1, -0.05) is 6.07 Å². The largest absolute Gasteiger partial charge is 0.326 e. The zero-order chi connectivity index (χ0) is 16.0. The number of hydrogen-bond acceptors (Lipinski definition) is 5. The van der Waals surface area contributed by atoms with Crippen LogP contribution in [0.3, 0.4) is 0 Å². The molecule has 1 unspecified atom stereocenters. The van der Waals surface area contributed by atoms with Crippen molar-refractivity contribution in [2.45, 2.75) is 25.4 Å². The van der Waals surface area contributed by atoms with Crippen molar-refractivity contribution in [2.75, 3.05) is 0 Å². The first-order valence-corrected chi connectivity index (χ1v) is 6.68. The van der Waals surface area contributed by atoms with E-state index < -0.39 is 35.5 Å². The number of fused-ring (bicyclic) bond motifs is 1. The molecule has 0 saturated carbocycles. The van der Waals surface area contributed by atoms with Crippen molar-refractivity contribution in [3.05, 3.63) is 34.6 Å². The smallest absolute Gasteiger partial charge is 0.265 e. The maximum Gasteiger partial charge on any atom is 0.265 e. The van der Waals surface area contributed by atoms with Gasteiger partial charge in [0.2, 0.25) is 11.8 Å². The molecule has 114 valence electrons. The van der Waals surface area contributed by atoms with Crippen LogP contribution in [0.1, 0.15) is 39.1 Å². The van der Waals surface area contributed by atoms with E-state index in [0.717, 1.165) is 6.07 Å². The number of halogens is 1. The van der Waals surface area contributed by atoms with Gasteiger partial charge >= 0.3 is 0 Å². The minimum atomic E-state index is -1.12. The molecule has 2 heterocycles. The van der Waals surface area contributed by atoms with Gasteiger partial charge in [0.25, 0.3) is 11.8 Å². The first-order valence-electron chi connectivity index (χ1n) is 6.68. The Morgan fingerprint density at radius 3 is 2.50 bits per heavy atom. The topological polar surface area (TPSA) is 110 Å². The second-order valence-electron chi connectivity index (χ2n) is 5.11. The number of nitrogens with one attached hydrogen (secondary N) is 1. The van der Waals surface area contributed by atoms with Crippen LogP contribution < -0.4 is 11.1 Å². The summed E-state index contributed by atoms with van der Waals surface area (Å²) in [6.45, 7) is -0.0369. The molecule has 2 aliphatic heterocycles. The van der Waals surface area contributed by atoms with Gasteiger partial charge < -0.3 is 5.73 Å². The van der Waals surface area contributed by atoms with Gasteiger partial charge in [0.15, 0.2) is 0 Å². The Labute approximate surface area is 124 Å². The third-order valence-electron chi connectivity index (χ3n) is 3.85. The lowest BCUT2D eigenvalue weighted by atomic mass is 10.0. The number of rotatable bonds is 2. The minimum Gasteiger partial charge on any atom is -0.326 e. The average molecular weight is 305 g/mol. The van der Waals surface area contributed by atoms with E-state index in [4.69, 9.17) is 5.73 Å². The third kappa shape index (κ3) is 1.92. The van der Waals surface area contributed by atoms with Crippen LogP contribution in [0.2, 0.25) is 0 Å². The van der Waals surface area contributed by atoms with Crippen molar-refractivity contribution in [2.24, 2.45) is 5.73 Å². The summed E-state index contributed by atoms with van der Waals surface area (Å²) < 4.78 is 13.9. The van der Waals surface area contributed by atoms with E-state index in [2.05, 4.69) is 5.32 Å². The van der Waals surface area contributed by atoms with E-state index in [-0.39, 0.29) is 30.5 Å². The molecule has 7 nitrogen and oxygen atoms in total. The number of imide groups is 2. The lowest BCUT2D eigenvalue weighted by Gasteiger charge is -2.27. The van der Waals surface area contributed by atoms with Crippen molar-refractivity contribution in [1.82, 2.24) is 10.2 Å². The van der Waals surface area contributed by atoms with Gasteiger partial charge in [0, 0.05) is 13.0 Å². The second kappa shape index (κ2) is 4.99. The average Bonchev–Trinajstić information content (AvgIpc) is 2.73. The first-order chi connectivity index (χ1) is 10.5. The fourth-order valence-corrected chi connectivity index (χ4v) is 2.79. The van der Waals surface area contributed by atoms with Crippen molar-refractivity contribution in [3.8, 4) is 0 Å². The van der Waals surface area contributed by atoms with Gasteiger partial charge in [-0.05, 0) is 18.1 Å². The Balaban J connectivity index is 2.05. The first kappa shape index (κ1) is 14.3. The molecule has 1 aromatic rings. The summed E-state index contributed by atoms with van der Waals surface area (Å²) in [7, 11) is 0. The zero-order valence-corrected chi connectivity index (χ0v) is 11.4. The third-order valence-corrected chi connectivity index (χ3v) is 3.85. The highest BCUT2D eigenvalue weighted by molar-refractivity contribution is 6.24. The standard InChI is InChI=1S/C14H12FN3O4/c15-7-2-1-6(5-16)10-11(7)14(22)18(13(10)21)8-3-4-9(19)17-12(8)20/h1-2,8H,3-5,16H2,(H,17,19,20). The van der Waals surface area contributed by atoms with Gasteiger partial charge in [-0.3, -0.25) is 29.4 Å². The molecular formula is C14H12FN3O4. The van der Waals surface area contributed by atoms with Crippen LogP contribution in [-0.4, -0.2) is 34.6 Å². The number of carbonyl (C=O) groups excluding carboxylic acids is 4. The molecule has 3 rings (SSSR count). The summed E-state index contributed by atoms with van der Waals surface area (Å²) in [5, 5.41) is 2.07. The molecule has 22 heavy (non-hydrogen) atoms. The number of nitrogens with two attached hydrogens (primary N) is 1. The zero-order valence-electron chi connectivity index (χ0n) is 11.4. The molecule has 1 fully saturated rings. The fraction of sp³-hybridized carbons (Fsp3) is 0.286. The van der Waals surface area contributed by atoms with Crippen LogP contribution in [-0.2, 0) is 16.1 Å². The van der Waals surface area contributed by atoms with E-state index in [9.17, 15) is 23.6 Å². The molecular weight excluding hydrogens is 293 g/mol. The number of hydrogen-bond donors (Lipinski definition) is 2. The molecule has 0 spiro atoms. The summed E-state index contributed by atoms with van der Waals surface area (Å²) in [5.41, 5.74) is 5.40. The maximum absolute atomic E-state index is 13.9. The molecule has 2 aliphatic rings. The van der Waals surface area contributed by atoms with Crippen LogP contribution in [0, 0.1) is 5.82 Å². The highest BCUT2D eigenvalue weighted by Crippen LogP contribution is 2.31. The van der Waals surface area contributed by atoms with E-state index in [0.29, 0.717) is 10.5 Å². The quantitative estimate of drug-likeness (QED) is 0.728. The van der Waals surface area contributed by atoms with E-state index >= 15 is 0 Å². The molecule has 1 atom stereocenters. The highest BCUT2D eigenvalue weighted by Gasteiger charge is 2.46. The number of piperidine rings is 1. The van der Waals surface area contributed by atoms with Crippen LogP contribution >= 0.6 is 0 Å². The lowest BCUT2D eigenvalue weighted by Crippen LogP contribution is -2.54. The number of benzene rings is 1. The van der Waals surface area contributed by atoms with Gasteiger partial charge in [-0.25, -0.2) is 4.39 Å². The van der Waals surface area contributed by atoms with Gasteiger partial charge in [0.1, 0.15) is 11.9 Å². The molecule has 0 bridgehead atoms. The van der Waals surface area contributed by atoms with Crippen molar-refractivity contribution >= 4 is 23.6 Å². The van der Waals surface area contributed by atoms with Crippen molar-refractivity contribution in [3.63, 3.8) is 0 Å². The monoisotopic (exact) mass is 305 g/mol. The van der Waals surface area contributed by atoms with Crippen molar-refractivity contribution < 1.29 is 23.6 Å². The predicted molar refractivity (Wildman–Crippen MR) is 71.0 cm³/mol. The summed E-state index contributed by atoms with van der Waals surface area (Å²) in [5.74, 6) is -3.66. The Hall–Kier alpha value is -2.61. The molecule has 1 saturated heterocycles. The van der Waals surface area contributed by atoms with E-state index in [1.807, 2.05) is 0 Å². The maximum atomic E-state index is 13.9. The summed E-state index contributed by atoms with van der Waals surface area (Å²) >= 11 is 0. The Morgan fingerprint density at radius 2 is 1.86 bits per heavy atom. The molecule has 0 aliphatic carbocycles. The number of carbonyl (C=O) groups is 4. The molecule has 8 heteroatoms. The minimum absolute atomic E-state index is 0.00996. The van der Waals surface area contributed by atoms with Crippen LogP contribution in [0.5, 0.6) is 0 Å². The number of amides is 4. The van der Waals surface area contributed by atoms with E-state index in [1.54, 1.807) is 0 Å². The van der Waals surface area contributed by atoms with Crippen LogP contribution in [0.15, 0.2) is 12.1 Å². The molecule has 1 aromatic carbocycles. The highest BCUT2D eigenvalue weighted by atomic mass is 19.1. The fourth-order valence-electron chi connectivity index (χ4n) is 2.79. The molecule has 0 aromatic heterocycles. The summed E-state index contributed by atoms with van der Waals surface area (Å²) in [6, 6.07) is 1.29. The summed E-state index contributed by atoms with van der Waals surface area (Å²) in [4.78, 5) is 48.6. The Kier molecular flexibility index (Phi) is 3.25. The molecule has 4 amide bonds. The second-order valence-corrected chi connectivity index (χ2v) is 5.11. The SMILES string of the molecule is NCc1ccc(F)c2c1C(=O)N(C1CCC(=O)NC1=O)C2=O. The number of nitrogens with zero attached hydrogens (tertiary/aromatic N) is 1. The van der Waals surface area contributed by atoms with Crippen LogP contribution in [0.4, 0.5) is 4.39 Å². The molecule has 0 radical (unpaired) electrons. The van der Waals surface area contributed by atoms with Crippen molar-refractivity contribution in [1.29, 1.82) is 0 Å².